The monoisotopic (exact) mass is 439 g/mol. The van der Waals surface area contributed by atoms with Gasteiger partial charge >= 0.3 is 0 Å². The minimum atomic E-state index is 1.06. The molecule has 0 atom stereocenters. The molecular formula is C11H8Br2IN. The SMILES string of the molecule is Cc1nc2c(C)c(Br)ccc2c(Br)c1I. The van der Waals surface area contributed by atoms with Gasteiger partial charge < -0.3 is 0 Å². The highest BCUT2D eigenvalue weighted by molar-refractivity contribution is 14.1. The molecule has 0 bridgehead atoms. The van der Waals surface area contributed by atoms with Gasteiger partial charge in [-0.1, -0.05) is 22.0 Å². The van der Waals surface area contributed by atoms with Gasteiger partial charge in [0.05, 0.1) is 11.2 Å². The molecule has 1 aromatic heterocycles. The van der Waals surface area contributed by atoms with Gasteiger partial charge in [-0.3, -0.25) is 4.98 Å². The van der Waals surface area contributed by atoms with E-state index in [2.05, 4.69) is 78.5 Å². The molecular weight excluding hydrogens is 433 g/mol. The van der Waals surface area contributed by atoms with Crippen molar-refractivity contribution in [2.75, 3.05) is 0 Å². The quantitative estimate of drug-likeness (QED) is 0.526. The van der Waals surface area contributed by atoms with Crippen LogP contribution in [0, 0.1) is 17.4 Å². The number of rotatable bonds is 0. The Kier molecular flexibility index (Phi) is 3.38. The maximum Gasteiger partial charge on any atom is 0.0757 e. The molecule has 15 heavy (non-hydrogen) atoms. The van der Waals surface area contributed by atoms with Crippen LogP contribution in [0.2, 0.25) is 0 Å². The Labute approximate surface area is 119 Å². The van der Waals surface area contributed by atoms with Gasteiger partial charge in [-0.2, -0.15) is 0 Å². The van der Waals surface area contributed by atoms with Crippen LogP contribution in [0.15, 0.2) is 21.1 Å². The Morgan fingerprint density at radius 1 is 1.20 bits per heavy atom. The third-order valence-electron chi connectivity index (χ3n) is 2.39. The molecule has 0 N–H and O–H groups in total. The lowest BCUT2D eigenvalue weighted by Gasteiger charge is -2.09. The van der Waals surface area contributed by atoms with Gasteiger partial charge in [0.1, 0.15) is 0 Å². The molecule has 0 aliphatic heterocycles. The molecule has 2 rings (SSSR count). The van der Waals surface area contributed by atoms with Crippen LogP contribution in [0.4, 0.5) is 0 Å². The van der Waals surface area contributed by atoms with Crippen molar-refractivity contribution in [2.45, 2.75) is 13.8 Å². The number of aromatic nitrogens is 1. The zero-order valence-corrected chi connectivity index (χ0v) is 13.6. The summed E-state index contributed by atoms with van der Waals surface area (Å²) < 4.78 is 3.43. The minimum Gasteiger partial charge on any atom is -0.252 e. The van der Waals surface area contributed by atoms with Crippen LogP contribution in [-0.2, 0) is 0 Å². The molecule has 2 aromatic rings. The van der Waals surface area contributed by atoms with Crippen molar-refractivity contribution >= 4 is 65.4 Å². The van der Waals surface area contributed by atoms with Crippen molar-refractivity contribution in [3.8, 4) is 0 Å². The number of benzene rings is 1. The van der Waals surface area contributed by atoms with Gasteiger partial charge in [0.25, 0.3) is 0 Å². The average molecular weight is 441 g/mol. The summed E-state index contributed by atoms with van der Waals surface area (Å²) in [4.78, 5) is 4.63. The molecule has 0 unspecified atom stereocenters. The van der Waals surface area contributed by atoms with E-state index >= 15 is 0 Å². The van der Waals surface area contributed by atoms with Crippen LogP contribution < -0.4 is 0 Å². The van der Waals surface area contributed by atoms with Crippen molar-refractivity contribution < 1.29 is 0 Å². The second-order valence-corrected chi connectivity index (χ2v) is 6.12. The minimum absolute atomic E-state index is 1.06. The van der Waals surface area contributed by atoms with Crippen LogP contribution in [0.5, 0.6) is 0 Å². The topological polar surface area (TPSA) is 12.9 Å². The van der Waals surface area contributed by atoms with Crippen LogP contribution >= 0.6 is 54.5 Å². The van der Waals surface area contributed by atoms with E-state index in [1.807, 2.05) is 6.92 Å². The molecule has 1 aromatic carbocycles. The fourth-order valence-corrected chi connectivity index (χ4v) is 2.83. The molecule has 0 radical (unpaired) electrons. The lowest BCUT2D eigenvalue weighted by molar-refractivity contribution is 1.21. The Balaban J connectivity index is 2.98. The zero-order valence-electron chi connectivity index (χ0n) is 8.24. The van der Waals surface area contributed by atoms with Gasteiger partial charge in [-0.15, -0.1) is 0 Å². The second-order valence-electron chi connectivity index (χ2n) is 3.39. The van der Waals surface area contributed by atoms with E-state index in [1.54, 1.807) is 0 Å². The number of fused-ring (bicyclic) bond motifs is 1. The van der Waals surface area contributed by atoms with Gasteiger partial charge in [0, 0.05) is 17.9 Å². The molecule has 0 spiro atoms. The first-order valence-electron chi connectivity index (χ1n) is 4.42. The summed E-state index contributed by atoms with van der Waals surface area (Å²) in [6.45, 7) is 4.12. The summed E-state index contributed by atoms with van der Waals surface area (Å²) >= 11 is 9.47. The maximum atomic E-state index is 4.63. The lowest BCUT2D eigenvalue weighted by Crippen LogP contribution is -1.93. The summed E-state index contributed by atoms with van der Waals surface area (Å²) in [5.74, 6) is 0. The van der Waals surface area contributed by atoms with Crippen LogP contribution in [-0.4, -0.2) is 4.98 Å². The van der Waals surface area contributed by atoms with Gasteiger partial charge in [0.15, 0.2) is 0 Å². The first kappa shape index (κ1) is 11.8. The molecule has 1 nitrogen and oxygen atoms in total. The van der Waals surface area contributed by atoms with Crippen LogP contribution in [0.3, 0.4) is 0 Å². The number of hydrogen-bond acceptors (Lipinski definition) is 1. The third-order valence-corrected chi connectivity index (χ3v) is 6.14. The number of pyridine rings is 1. The summed E-state index contributed by atoms with van der Waals surface area (Å²) in [7, 11) is 0. The maximum absolute atomic E-state index is 4.63. The van der Waals surface area contributed by atoms with E-state index in [-0.39, 0.29) is 0 Å². The second kappa shape index (κ2) is 4.30. The molecule has 0 aliphatic rings. The van der Waals surface area contributed by atoms with E-state index in [1.165, 1.54) is 14.5 Å². The van der Waals surface area contributed by atoms with Crippen molar-refractivity contribution in [3.63, 3.8) is 0 Å². The molecule has 0 aliphatic carbocycles. The van der Waals surface area contributed by atoms with Crippen molar-refractivity contribution in [3.05, 3.63) is 35.9 Å². The summed E-state index contributed by atoms with van der Waals surface area (Å²) in [6.07, 6.45) is 0. The summed E-state index contributed by atoms with van der Waals surface area (Å²) in [5.41, 5.74) is 3.32. The Bertz CT molecular complexity index is 552. The highest BCUT2D eigenvalue weighted by Gasteiger charge is 2.10. The Morgan fingerprint density at radius 3 is 2.53 bits per heavy atom. The van der Waals surface area contributed by atoms with Crippen molar-refractivity contribution in [1.82, 2.24) is 4.98 Å². The zero-order chi connectivity index (χ0) is 11.2. The highest BCUT2D eigenvalue weighted by Crippen LogP contribution is 2.33. The summed E-state index contributed by atoms with van der Waals surface area (Å²) in [5, 5.41) is 1.17. The van der Waals surface area contributed by atoms with E-state index in [9.17, 15) is 0 Å². The van der Waals surface area contributed by atoms with Gasteiger partial charge in [0.2, 0.25) is 0 Å². The largest absolute Gasteiger partial charge is 0.252 e. The Morgan fingerprint density at radius 2 is 1.87 bits per heavy atom. The number of hydrogen-bond donors (Lipinski definition) is 0. The molecule has 0 fully saturated rings. The summed E-state index contributed by atoms with van der Waals surface area (Å²) in [6, 6.07) is 4.15. The van der Waals surface area contributed by atoms with Crippen LogP contribution in [0.25, 0.3) is 10.9 Å². The lowest BCUT2D eigenvalue weighted by atomic mass is 10.1. The van der Waals surface area contributed by atoms with E-state index in [0.717, 1.165) is 20.2 Å². The number of halogens is 3. The number of nitrogens with zero attached hydrogens (tertiary/aromatic N) is 1. The number of aryl methyl sites for hydroxylation is 2. The van der Waals surface area contributed by atoms with Gasteiger partial charge in [-0.05, 0) is 64.0 Å². The predicted molar refractivity (Wildman–Crippen MR) is 79.3 cm³/mol. The molecule has 0 saturated carbocycles. The van der Waals surface area contributed by atoms with E-state index < -0.39 is 0 Å². The van der Waals surface area contributed by atoms with Crippen molar-refractivity contribution in [2.24, 2.45) is 0 Å². The van der Waals surface area contributed by atoms with E-state index in [4.69, 9.17) is 0 Å². The first-order valence-corrected chi connectivity index (χ1v) is 7.09. The normalized spacial score (nSPS) is 11.0. The fraction of sp³-hybridized carbons (Fsp3) is 0.182. The molecule has 1 heterocycles. The highest BCUT2D eigenvalue weighted by atomic mass is 127. The smallest absolute Gasteiger partial charge is 0.0757 e. The molecule has 4 heteroatoms. The third kappa shape index (κ3) is 1.96. The molecule has 78 valence electrons. The molecule has 0 saturated heterocycles. The standard InChI is InChI=1S/C11H8Br2IN/c1-5-8(12)4-3-7-9(13)10(14)6(2)15-11(5)7/h3-4H,1-2H3. The average Bonchev–Trinajstić information content (AvgIpc) is 2.21. The predicted octanol–water partition coefficient (Wildman–Crippen LogP) is 4.98. The van der Waals surface area contributed by atoms with E-state index in [0.29, 0.717) is 0 Å². The van der Waals surface area contributed by atoms with Crippen LogP contribution in [0.1, 0.15) is 11.3 Å². The first-order chi connectivity index (χ1) is 7.02. The fourth-order valence-electron chi connectivity index (χ4n) is 1.49. The Hall–Kier alpha value is 0.320. The van der Waals surface area contributed by atoms with Crippen molar-refractivity contribution in [1.29, 1.82) is 0 Å². The molecule has 0 amide bonds. The van der Waals surface area contributed by atoms with Gasteiger partial charge in [-0.25, -0.2) is 0 Å².